The molecule has 0 aliphatic carbocycles. The maximum atomic E-state index is 11.2. The lowest BCUT2D eigenvalue weighted by atomic mass is 10.2. The van der Waals surface area contributed by atoms with Crippen molar-refractivity contribution in [3.63, 3.8) is 0 Å². The van der Waals surface area contributed by atoms with Crippen LogP contribution in [0.2, 0.25) is 0 Å². The van der Waals surface area contributed by atoms with Gasteiger partial charge in [0.25, 0.3) is 5.69 Å². The van der Waals surface area contributed by atoms with Crippen LogP contribution in [0, 0.1) is 20.2 Å². The molecule has 0 atom stereocenters. The largest absolute Gasteiger partial charge is 0.383 e. The van der Waals surface area contributed by atoms with E-state index in [1.54, 1.807) is 0 Å². The quantitative estimate of drug-likeness (QED) is 0.558. The molecular formula is C11H7N7O4. The van der Waals surface area contributed by atoms with Crippen LogP contribution in [0.4, 0.5) is 17.2 Å². The molecule has 0 unspecified atom stereocenters. The second-order valence-corrected chi connectivity index (χ2v) is 4.24. The molecule has 2 heterocycles. The number of non-ortho nitro benzene ring substituents is 1. The number of aromatic nitrogens is 4. The van der Waals surface area contributed by atoms with Gasteiger partial charge in [-0.05, 0) is 6.07 Å². The molecule has 22 heavy (non-hydrogen) atoms. The van der Waals surface area contributed by atoms with Gasteiger partial charge in [0.05, 0.1) is 27.5 Å². The second-order valence-electron chi connectivity index (χ2n) is 4.24. The fourth-order valence-corrected chi connectivity index (χ4v) is 1.99. The molecule has 0 fully saturated rings. The van der Waals surface area contributed by atoms with Crippen LogP contribution in [0.1, 0.15) is 0 Å². The Morgan fingerprint density at radius 2 is 1.91 bits per heavy atom. The minimum absolute atomic E-state index is 0.0451. The number of benzene rings is 1. The number of nitro groups is 2. The number of fused-ring (bicyclic) bond motifs is 1. The summed E-state index contributed by atoms with van der Waals surface area (Å²) in [6.45, 7) is 0. The molecule has 0 aliphatic heterocycles. The van der Waals surface area contributed by atoms with Gasteiger partial charge in [-0.2, -0.15) is 5.10 Å². The summed E-state index contributed by atoms with van der Waals surface area (Å²) in [4.78, 5) is 28.3. The maximum absolute atomic E-state index is 11.2. The van der Waals surface area contributed by atoms with Gasteiger partial charge in [-0.3, -0.25) is 20.2 Å². The van der Waals surface area contributed by atoms with Gasteiger partial charge >= 0.3 is 5.69 Å². The Hall–Kier alpha value is -3.63. The van der Waals surface area contributed by atoms with Crippen molar-refractivity contribution in [1.82, 2.24) is 19.7 Å². The minimum Gasteiger partial charge on any atom is -0.383 e. The van der Waals surface area contributed by atoms with E-state index in [0.717, 1.165) is 12.1 Å². The van der Waals surface area contributed by atoms with Gasteiger partial charge in [0.2, 0.25) is 0 Å². The molecule has 2 N–H and O–H groups in total. The highest BCUT2D eigenvalue weighted by Crippen LogP contribution is 2.29. The van der Waals surface area contributed by atoms with E-state index in [0.29, 0.717) is 5.39 Å². The third-order valence-electron chi connectivity index (χ3n) is 2.99. The molecule has 3 rings (SSSR count). The molecule has 0 radical (unpaired) electrons. The lowest BCUT2D eigenvalue weighted by Crippen LogP contribution is -2.04. The summed E-state index contributed by atoms with van der Waals surface area (Å²) in [5, 5.41) is 26.4. The second kappa shape index (κ2) is 4.73. The van der Waals surface area contributed by atoms with Crippen LogP contribution in [0.3, 0.4) is 0 Å². The van der Waals surface area contributed by atoms with Gasteiger partial charge in [-0.15, -0.1) is 0 Å². The normalized spacial score (nSPS) is 10.7. The molecule has 11 heteroatoms. The summed E-state index contributed by atoms with van der Waals surface area (Å²) in [6.07, 6.45) is 2.57. The van der Waals surface area contributed by atoms with Gasteiger partial charge in [0, 0.05) is 6.07 Å². The molecule has 0 bridgehead atoms. The lowest BCUT2D eigenvalue weighted by Gasteiger charge is -2.04. The maximum Gasteiger partial charge on any atom is 0.301 e. The molecule has 110 valence electrons. The first-order valence-electron chi connectivity index (χ1n) is 5.86. The summed E-state index contributed by atoms with van der Waals surface area (Å²) in [5.41, 5.74) is 5.15. The highest BCUT2D eigenvalue weighted by Gasteiger charge is 2.23. The van der Waals surface area contributed by atoms with Crippen molar-refractivity contribution in [3.05, 3.63) is 51.0 Å². The highest BCUT2D eigenvalue weighted by molar-refractivity contribution is 5.86. The molecule has 0 saturated carbocycles. The van der Waals surface area contributed by atoms with Crippen LogP contribution < -0.4 is 5.73 Å². The summed E-state index contributed by atoms with van der Waals surface area (Å²) >= 11 is 0. The Labute approximate surface area is 121 Å². The standard InChI is InChI=1S/C11H7N7O4/c12-10-7-4-15-16(11(7)14-5-13-10)8-2-1-6(17(19)20)3-9(8)18(21)22/h1-5H,(H2,12,13,14). The summed E-state index contributed by atoms with van der Waals surface area (Å²) in [6, 6.07) is 3.26. The SMILES string of the molecule is Nc1ncnc2c1cnn2-c1ccc([N+](=O)[O-])cc1[N+](=O)[O-]. The van der Waals surface area contributed by atoms with Crippen molar-refractivity contribution in [3.8, 4) is 5.69 Å². The summed E-state index contributed by atoms with van der Waals surface area (Å²) in [7, 11) is 0. The van der Waals surface area contributed by atoms with Crippen molar-refractivity contribution in [2.24, 2.45) is 0 Å². The number of nitro benzene ring substituents is 2. The molecule has 11 nitrogen and oxygen atoms in total. The molecular weight excluding hydrogens is 294 g/mol. The van der Waals surface area contributed by atoms with Crippen LogP contribution in [-0.4, -0.2) is 29.6 Å². The monoisotopic (exact) mass is 301 g/mol. The van der Waals surface area contributed by atoms with Gasteiger partial charge in [-0.25, -0.2) is 14.6 Å². The van der Waals surface area contributed by atoms with Gasteiger partial charge in [0.1, 0.15) is 17.8 Å². The molecule has 0 spiro atoms. The van der Waals surface area contributed by atoms with Gasteiger partial charge in [0.15, 0.2) is 5.65 Å². The number of rotatable bonds is 3. The van der Waals surface area contributed by atoms with E-state index in [9.17, 15) is 20.2 Å². The number of hydrogen-bond acceptors (Lipinski definition) is 8. The van der Waals surface area contributed by atoms with E-state index in [-0.39, 0.29) is 22.8 Å². The third kappa shape index (κ3) is 1.96. The van der Waals surface area contributed by atoms with Crippen LogP contribution in [0.15, 0.2) is 30.7 Å². The van der Waals surface area contributed by atoms with E-state index in [2.05, 4.69) is 15.1 Å². The van der Waals surface area contributed by atoms with E-state index in [1.807, 2.05) is 0 Å². The van der Waals surface area contributed by atoms with Crippen molar-refractivity contribution in [1.29, 1.82) is 0 Å². The van der Waals surface area contributed by atoms with Crippen LogP contribution >= 0.6 is 0 Å². The van der Waals surface area contributed by atoms with E-state index in [1.165, 1.54) is 23.3 Å². The average Bonchev–Trinajstić information content (AvgIpc) is 2.91. The molecule has 0 aliphatic rings. The topological polar surface area (TPSA) is 156 Å². The molecule has 1 aromatic carbocycles. The van der Waals surface area contributed by atoms with Crippen molar-refractivity contribution in [2.45, 2.75) is 0 Å². The van der Waals surface area contributed by atoms with Gasteiger partial charge < -0.3 is 5.73 Å². The Morgan fingerprint density at radius 1 is 1.14 bits per heavy atom. The van der Waals surface area contributed by atoms with Crippen LogP contribution in [0.25, 0.3) is 16.7 Å². The zero-order chi connectivity index (χ0) is 15.9. The van der Waals surface area contributed by atoms with E-state index in [4.69, 9.17) is 5.73 Å². The molecule has 0 saturated heterocycles. The van der Waals surface area contributed by atoms with Crippen LogP contribution in [-0.2, 0) is 0 Å². The summed E-state index contributed by atoms with van der Waals surface area (Å²) < 4.78 is 1.19. The highest BCUT2D eigenvalue weighted by atomic mass is 16.6. The van der Waals surface area contributed by atoms with E-state index >= 15 is 0 Å². The van der Waals surface area contributed by atoms with Crippen molar-refractivity contribution < 1.29 is 9.85 Å². The predicted octanol–water partition coefficient (Wildman–Crippen LogP) is 1.21. The first-order chi connectivity index (χ1) is 10.5. The van der Waals surface area contributed by atoms with Crippen LogP contribution in [0.5, 0.6) is 0 Å². The third-order valence-corrected chi connectivity index (χ3v) is 2.99. The first kappa shape index (κ1) is 13.4. The Kier molecular flexibility index (Phi) is 2.87. The lowest BCUT2D eigenvalue weighted by molar-refractivity contribution is -0.394. The molecule has 3 aromatic rings. The van der Waals surface area contributed by atoms with Crippen molar-refractivity contribution >= 4 is 28.2 Å². The Morgan fingerprint density at radius 3 is 2.59 bits per heavy atom. The van der Waals surface area contributed by atoms with E-state index < -0.39 is 15.5 Å². The average molecular weight is 301 g/mol. The number of anilines is 1. The fraction of sp³-hybridized carbons (Fsp3) is 0. The number of nitrogens with two attached hydrogens (primary N) is 1. The first-order valence-corrected chi connectivity index (χ1v) is 5.86. The summed E-state index contributed by atoms with van der Waals surface area (Å²) in [5.74, 6) is 0.181. The Balaban J connectivity index is 2.28. The number of hydrogen-bond donors (Lipinski definition) is 1. The Bertz CT molecular complexity index is 920. The number of nitrogen functional groups attached to an aromatic ring is 1. The zero-order valence-electron chi connectivity index (χ0n) is 10.8. The number of nitrogens with zero attached hydrogens (tertiary/aromatic N) is 6. The van der Waals surface area contributed by atoms with Gasteiger partial charge in [-0.1, -0.05) is 0 Å². The molecule has 0 amide bonds. The zero-order valence-corrected chi connectivity index (χ0v) is 10.8. The fourth-order valence-electron chi connectivity index (χ4n) is 1.99. The minimum atomic E-state index is -0.722. The smallest absolute Gasteiger partial charge is 0.301 e. The predicted molar refractivity (Wildman–Crippen MR) is 74.4 cm³/mol. The molecule has 2 aromatic heterocycles. The van der Waals surface area contributed by atoms with Crippen molar-refractivity contribution in [2.75, 3.05) is 5.73 Å².